The Morgan fingerprint density at radius 1 is 1.50 bits per heavy atom. The molecule has 82 valence electrons. The van der Waals surface area contributed by atoms with E-state index in [0.717, 1.165) is 16.7 Å². The summed E-state index contributed by atoms with van der Waals surface area (Å²) in [5, 5.41) is 8.42. The van der Waals surface area contributed by atoms with Gasteiger partial charge in [-0.15, -0.1) is 6.42 Å². The van der Waals surface area contributed by atoms with E-state index in [1.54, 1.807) is 6.20 Å². The molecule has 1 N–H and O–H groups in total. The van der Waals surface area contributed by atoms with Crippen molar-refractivity contribution >= 4 is 16.7 Å². The molecule has 0 radical (unpaired) electrons. The van der Waals surface area contributed by atoms with Crippen LogP contribution in [0.25, 0.3) is 11.0 Å². The summed E-state index contributed by atoms with van der Waals surface area (Å²) < 4.78 is 1.90. The average molecular weight is 214 g/mol. The number of aromatic nitrogens is 3. The fraction of sp³-hybridized carbons (Fsp3) is 0.333. The van der Waals surface area contributed by atoms with Gasteiger partial charge in [0.15, 0.2) is 5.65 Å². The summed E-state index contributed by atoms with van der Waals surface area (Å²) in [5.41, 5.74) is 1.83. The molecule has 0 aliphatic rings. The number of pyridine rings is 1. The van der Waals surface area contributed by atoms with E-state index >= 15 is 0 Å². The first-order chi connectivity index (χ1) is 7.72. The smallest absolute Gasteiger partial charge is 0.158 e. The number of hydrogen-bond acceptors (Lipinski definition) is 3. The molecule has 0 saturated carbocycles. The molecule has 0 amide bonds. The van der Waals surface area contributed by atoms with Gasteiger partial charge in [0.05, 0.1) is 24.6 Å². The molecule has 2 rings (SSSR count). The topological polar surface area (TPSA) is 42.7 Å². The maximum absolute atomic E-state index is 5.18. The van der Waals surface area contributed by atoms with Crippen LogP contribution in [0, 0.1) is 12.3 Å². The maximum atomic E-state index is 5.18. The summed E-state index contributed by atoms with van der Waals surface area (Å²) in [6.07, 6.45) is 8.78. The number of terminal acetylenes is 1. The molecule has 0 aliphatic heterocycles. The van der Waals surface area contributed by atoms with Crippen LogP contribution >= 0.6 is 0 Å². The molecule has 0 fully saturated rings. The van der Waals surface area contributed by atoms with Crippen molar-refractivity contribution in [2.45, 2.75) is 19.9 Å². The van der Waals surface area contributed by atoms with E-state index in [9.17, 15) is 0 Å². The molecule has 0 atom stereocenters. The highest BCUT2D eigenvalue weighted by atomic mass is 15.3. The third-order valence-electron chi connectivity index (χ3n) is 2.32. The second kappa shape index (κ2) is 4.23. The summed E-state index contributed by atoms with van der Waals surface area (Å²) in [4.78, 5) is 4.38. The predicted molar refractivity (Wildman–Crippen MR) is 65.2 cm³/mol. The molecule has 0 aliphatic carbocycles. The summed E-state index contributed by atoms with van der Waals surface area (Å²) in [7, 11) is 0. The van der Waals surface area contributed by atoms with Crippen molar-refractivity contribution in [3.05, 3.63) is 18.5 Å². The van der Waals surface area contributed by atoms with Crippen molar-refractivity contribution in [2.75, 3.05) is 11.9 Å². The van der Waals surface area contributed by atoms with Gasteiger partial charge in [-0.2, -0.15) is 5.10 Å². The minimum absolute atomic E-state index is 0.314. The van der Waals surface area contributed by atoms with Gasteiger partial charge >= 0.3 is 0 Å². The maximum Gasteiger partial charge on any atom is 0.158 e. The minimum Gasteiger partial charge on any atom is -0.373 e. The lowest BCUT2D eigenvalue weighted by Crippen LogP contribution is -2.04. The first-order valence-electron chi connectivity index (χ1n) is 5.23. The molecule has 0 spiro atoms. The Morgan fingerprint density at radius 2 is 2.31 bits per heavy atom. The third-order valence-corrected chi connectivity index (χ3v) is 2.32. The van der Waals surface area contributed by atoms with Crippen molar-refractivity contribution < 1.29 is 0 Å². The van der Waals surface area contributed by atoms with Crippen molar-refractivity contribution in [2.24, 2.45) is 0 Å². The predicted octanol–water partition coefficient (Wildman–Crippen LogP) is 2.06. The van der Waals surface area contributed by atoms with Crippen LogP contribution < -0.4 is 5.32 Å². The lowest BCUT2D eigenvalue weighted by molar-refractivity contribution is 0.546. The van der Waals surface area contributed by atoms with Crippen LogP contribution in [0.1, 0.15) is 19.9 Å². The summed E-state index contributed by atoms with van der Waals surface area (Å²) in [6, 6.07) is 2.32. The summed E-state index contributed by atoms with van der Waals surface area (Å²) in [5.74, 6) is 2.53. The number of hydrogen-bond donors (Lipinski definition) is 1. The zero-order valence-corrected chi connectivity index (χ0v) is 9.44. The highest BCUT2D eigenvalue weighted by molar-refractivity contribution is 5.78. The van der Waals surface area contributed by atoms with Crippen LogP contribution in [-0.2, 0) is 0 Å². The standard InChI is InChI=1S/C12H14N4/c1-4-5-13-11-6-10-7-15-16(9(2)3)12(10)14-8-11/h1,6-9,13H,5H2,2-3H3. The van der Waals surface area contributed by atoms with E-state index in [1.807, 2.05) is 16.9 Å². The molecule has 0 aromatic carbocycles. The number of nitrogens with zero attached hydrogens (tertiary/aromatic N) is 3. The van der Waals surface area contributed by atoms with Crippen LogP contribution in [-0.4, -0.2) is 21.3 Å². The Hall–Kier alpha value is -2.02. The lowest BCUT2D eigenvalue weighted by Gasteiger charge is -2.06. The van der Waals surface area contributed by atoms with Gasteiger partial charge in [-0.25, -0.2) is 9.67 Å². The number of anilines is 1. The monoisotopic (exact) mass is 214 g/mol. The highest BCUT2D eigenvalue weighted by Gasteiger charge is 2.07. The molecular formula is C12H14N4. The Balaban J connectivity index is 2.38. The van der Waals surface area contributed by atoms with Gasteiger partial charge in [0.1, 0.15) is 0 Å². The Morgan fingerprint density at radius 3 is 3.00 bits per heavy atom. The van der Waals surface area contributed by atoms with Gasteiger partial charge in [-0.1, -0.05) is 5.92 Å². The first-order valence-corrected chi connectivity index (χ1v) is 5.23. The van der Waals surface area contributed by atoms with Crippen LogP contribution in [0.4, 0.5) is 5.69 Å². The fourth-order valence-corrected chi connectivity index (χ4v) is 1.57. The number of fused-ring (bicyclic) bond motifs is 1. The Labute approximate surface area is 94.7 Å². The van der Waals surface area contributed by atoms with E-state index < -0.39 is 0 Å². The number of rotatable bonds is 3. The largest absolute Gasteiger partial charge is 0.373 e. The van der Waals surface area contributed by atoms with Gasteiger partial charge < -0.3 is 5.32 Å². The van der Waals surface area contributed by atoms with Gasteiger partial charge in [0.25, 0.3) is 0 Å². The second-order valence-electron chi connectivity index (χ2n) is 3.88. The molecule has 0 unspecified atom stereocenters. The molecule has 2 heterocycles. The van der Waals surface area contributed by atoms with E-state index in [0.29, 0.717) is 12.6 Å². The molecule has 4 nitrogen and oxygen atoms in total. The zero-order valence-electron chi connectivity index (χ0n) is 9.44. The third kappa shape index (κ3) is 1.84. The van der Waals surface area contributed by atoms with E-state index in [-0.39, 0.29) is 0 Å². The molecule has 2 aromatic heterocycles. The van der Waals surface area contributed by atoms with Gasteiger partial charge in [-0.05, 0) is 19.9 Å². The molecule has 16 heavy (non-hydrogen) atoms. The quantitative estimate of drug-likeness (QED) is 0.795. The van der Waals surface area contributed by atoms with E-state index in [2.05, 4.69) is 35.2 Å². The van der Waals surface area contributed by atoms with Gasteiger partial charge in [0, 0.05) is 11.4 Å². The molecular weight excluding hydrogens is 200 g/mol. The highest BCUT2D eigenvalue weighted by Crippen LogP contribution is 2.18. The molecule has 0 bridgehead atoms. The minimum atomic E-state index is 0.314. The lowest BCUT2D eigenvalue weighted by atomic mass is 10.3. The first kappa shape index (κ1) is 10.5. The Kier molecular flexibility index (Phi) is 2.78. The van der Waals surface area contributed by atoms with E-state index in [4.69, 9.17) is 6.42 Å². The average Bonchev–Trinajstić information content (AvgIpc) is 2.69. The van der Waals surface area contributed by atoms with Crippen LogP contribution in [0.5, 0.6) is 0 Å². The summed E-state index contributed by atoms with van der Waals surface area (Å²) >= 11 is 0. The SMILES string of the molecule is C#CCNc1cnc2c(cnn2C(C)C)c1. The second-order valence-corrected chi connectivity index (χ2v) is 3.88. The van der Waals surface area contributed by atoms with Crippen LogP contribution in [0.15, 0.2) is 18.5 Å². The van der Waals surface area contributed by atoms with Gasteiger partial charge in [-0.3, -0.25) is 0 Å². The van der Waals surface area contributed by atoms with Crippen molar-refractivity contribution in [3.63, 3.8) is 0 Å². The molecule has 2 aromatic rings. The van der Waals surface area contributed by atoms with Crippen molar-refractivity contribution in [3.8, 4) is 12.3 Å². The van der Waals surface area contributed by atoms with Crippen molar-refractivity contribution in [1.29, 1.82) is 0 Å². The van der Waals surface area contributed by atoms with Crippen LogP contribution in [0.3, 0.4) is 0 Å². The zero-order chi connectivity index (χ0) is 11.5. The normalized spacial score (nSPS) is 10.6. The van der Waals surface area contributed by atoms with E-state index in [1.165, 1.54) is 0 Å². The van der Waals surface area contributed by atoms with Crippen LogP contribution in [0.2, 0.25) is 0 Å². The Bertz CT molecular complexity index is 533. The summed E-state index contributed by atoms with van der Waals surface area (Å²) in [6.45, 7) is 4.67. The van der Waals surface area contributed by atoms with Gasteiger partial charge in [0.2, 0.25) is 0 Å². The van der Waals surface area contributed by atoms with Crippen molar-refractivity contribution in [1.82, 2.24) is 14.8 Å². The number of nitrogens with one attached hydrogen (secondary N) is 1. The molecule has 0 saturated heterocycles. The fourth-order valence-electron chi connectivity index (χ4n) is 1.57. The molecule has 4 heteroatoms.